The van der Waals surface area contributed by atoms with E-state index >= 15 is 0 Å². The minimum Gasteiger partial charge on any atom is -0.378 e. The topological polar surface area (TPSA) is 44.9 Å². The number of hydrogen-bond acceptors (Lipinski definition) is 3. The predicted octanol–water partition coefficient (Wildman–Crippen LogP) is 2.45. The van der Waals surface area contributed by atoms with Crippen molar-refractivity contribution in [3.05, 3.63) is 47.0 Å². The molecule has 0 unspecified atom stereocenters. The van der Waals surface area contributed by atoms with Gasteiger partial charge in [-0.3, -0.25) is 0 Å². The highest BCUT2D eigenvalue weighted by atomic mass is 15.1. The first-order valence-electron chi connectivity index (χ1n) is 6.71. The Morgan fingerprint density at radius 2 is 1.85 bits per heavy atom. The van der Waals surface area contributed by atoms with E-state index in [1.54, 1.807) is 0 Å². The molecule has 0 aliphatic heterocycles. The number of hydrogen-bond donors (Lipinski definition) is 0. The molecule has 0 saturated heterocycles. The fourth-order valence-corrected chi connectivity index (χ4v) is 2.25. The fraction of sp³-hybridized carbons (Fsp3) is 0.375. The quantitative estimate of drug-likeness (QED) is 0.855. The summed E-state index contributed by atoms with van der Waals surface area (Å²) in [7, 11) is 6.03. The van der Waals surface area contributed by atoms with Gasteiger partial charge in [0.15, 0.2) is 5.69 Å². The van der Waals surface area contributed by atoms with Crippen LogP contribution in [0.1, 0.15) is 22.8 Å². The Bertz CT molecular complexity index is 630. The third-order valence-electron chi connectivity index (χ3n) is 3.65. The summed E-state index contributed by atoms with van der Waals surface area (Å²) in [5.74, 6) is 0.888. The van der Waals surface area contributed by atoms with Crippen molar-refractivity contribution in [3.8, 4) is 6.07 Å². The summed E-state index contributed by atoms with van der Waals surface area (Å²) < 4.78 is 2.01. The zero-order chi connectivity index (χ0) is 14.7. The maximum absolute atomic E-state index is 9.12. The Balaban J connectivity index is 2.11. The third-order valence-corrected chi connectivity index (χ3v) is 3.65. The smallest absolute Gasteiger partial charge is 0.161 e. The van der Waals surface area contributed by atoms with Crippen LogP contribution >= 0.6 is 0 Å². The molecular formula is C16H20N4. The van der Waals surface area contributed by atoms with Crippen LogP contribution in [0.3, 0.4) is 0 Å². The lowest BCUT2D eigenvalue weighted by molar-refractivity contribution is 0.771. The van der Waals surface area contributed by atoms with E-state index in [0.29, 0.717) is 5.69 Å². The van der Waals surface area contributed by atoms with Crippen LogP contribution in [-0.4, -0.2) is 23.6 Å². The van der Waals surface area contributed by atoms with Crippen LogP contribution in [0.5, 0.6) is 0 Å². The van der Waals surface area contributed by atoms with E-state index in [1.165, 1.54) is 11.3 Å². The SMILES string of the molecule is Cc1nc(C#N)c(CCc2ccc(N(C)C)cc2)n1C. The zero-order valence-electron chi connectivity index (χ0n) is 12.5. The maximum Gasteiger partial charge on any atom is 0.161 e. The van der Waals surface area contributed by atoms with Crippen LogP contribution in [0.15, 0.2) is 24.3 Å². The summed E-state index contributed by atoms with van der Waals surface area (Å²) >= 11 is 0. The molecule has 1 heterocycles. The molecule has 2 rings (SSSR count). The summed E-state index contributed by atoms with van der Waals surface area (Å²) in [6, 6.07) is 10.7. The number of aryl methyl sites for hydroxylation is 2. The van der Waals surface area contributed by atoms with E-state index in [4.69, 9.17) is 5.26 Å². The van der Waals surface area contributed by atoms with Gasteiger partial charge in [0.1, 0.15) is 11.9 Å². The maximum atomic E-state index is 9.12. The van der Waals surface area contributed by atoms with Gasteiger partial charge in [-0.15, -0.1) is 0 Å². The van der Waals surface area contributed by atoms with Gasteiger partial charge in [-0.2, -0.15) is 5.26 Å². The molecule has 1 aromatic heterocycles. The second-order valence-corrected chi connectivity index (χ2v) is 5.19. The molecule has 0 radical (unpaired) electrons. The molecule has 20 heavy (non-hydrogen) atoms. The van der Waals surface area contributed by atoms with E-state index in [1.807, 2.05) is 32.6 Å². The van der Waals surface area contributed by atoms with Crippen molar-refractivity contribution in [2.75, 3.05) is 19.0 Å². The van der Waals surface area contributed by atoms with Crippen LogP contribution in [0.25, 0.3) is 0 Å². The highest BCUT2D eigenvalue weighted by molar-refractivity contribution is 5.46. The Morgan fingerprint density at radius 1 is 1.20 bits per heavy atom. The van der Waals surface area contributed by atoms with Crippen molar-refractivity contribution < 1.29 is 0 Å². The van der Waals surface area contributed by atoms with Crippen LogP contribution in [0.2, 0.25) is 0 Å². The Labute approximate surface area is 120 Å². The molecule has 0 aliphatic rings. The van der Waals surface area contributed by atoms with Gasteiger partial charge in [0.25, 0.3) is 0 Å². The number of aromatic nitrogens is 2. The largest absolute Gasteiger partial charge is 0.378 e. The fourth-order valence-electron chi connectivity index (χ4n) is 2.25. The summed E-state index contributed by atoms with van der Waals surface area (Å²) in [5, 5.41) is 9.12. The normalized spacial score (nSPS) is 10.3. The van der Waals surface area contributed by atoms with Gasteiger partial charge < -0.3 is 9.47 Å². The number of nitriles is 1. The van der Waals surface area contributed by atoms with E-state index < -0.39 is 0 Å². The van der Waals surface area contributed by atoms with Gasteiger partial charge in [-0.1, -0.05) is 12.1 Å². The minimum atomic E-state index is 0.551. The Kier molecular flexibility index (Phi) is 4.09. The molecular weight excluding hydrogens is 248 g/mol. The summed E-state index contributed by atoms with van der Waals surface area (Å²) in [5.41, 5.74) is 4.04. The molecule has 4 nitrogen and oxygen atoms in total. The highest BCUT2D eigenvalue weighted by Crippen LogP contribution is 2.16. The molecule has 4 heteroatoms. The molecule has 0 amide bonds. The van der Waals surface area contributed by atoms with Gasteiger partial charge in [0.05, 0.1) is 5.69 Å². The van der Waals surface area contributed by atoms with E-state index in [2.05, 4.69) is 40.2 Å². The molecule has 1 aromatic carbocycles. The first kappa shape index (κ1) is 14.1. The zero-order valence-corrected chi connectivity index (χ0v) is 12.5. The first-order chi connectivity index (χ1) is 9.52. The van der Waals surface area contributed by atoms with E-state index in [0.717, 1.165) is 24.4 Å². The summed E-state index contributed by atoms with van der Waals surface area (Å²) in [4.78, 5) is 6.36. The number of benzene rings is 1. The van der Waals surface area contributed by atoms with E-state index in [-0.39, 0.29) is 0 Å². The number of imidazole rings is 1. The lowest BCUT2D eigenvalue weighted by atomic mass is 10.1. The molecule has 0 aliphatic carbocycles. The predicted molar refractivity (Wildman–Crippen MR) is 80.8 cm³/mol. The summed E-state index contributed by atoms with van der Waals surface area (Å²) in [6.45, 7) is 1.93. The lowest BCUT2D eigenvalue weighted by Gasteiger charge is -2.12. The average Bonchev–Trinajstić information content (AvgIpc) is 2.72. The van der Waals surface area contributed by atoms with Gasteiger partial charge in [-0.05, 0) is 37.5 Å². The van der Waals surface area contributed by atoms with Crippen LogP contribution in [-0.2, 0) is 19.9 Å². The average molecular weight is 268 g/mol. The lowest BCUT2D eigenvalue weighted by Crippen LogP contribution is -2.08. The second kappa shape index (κ2) is 5.79. The molecule has 0 bridgehead atoms. The van der Waals surface area contributed by atoms with Crippen LogP contribution < -0.4 is 4.90 Å². The molecule has 0 atom stereocenters. The molecule has 104 valence electrons. The minimum absolute atomic E-state index is 0.551. The standard InChI is InChI=1S/C16H20N4/c1-12-18-15(11-17)16(20(12)4)10-7-13-5-8-14(9-6-13)19(2)3/h5-6,8-9H,7,10H2,1-4H3. The number of anilines is 1. The van der Waals surface area contributed by atoms with Gasteiger partial charge >= 0.3 is 0 Å². The molecule has 0 spiro atoms. The van der Waals surface area contributed by atoms with Gasteiger partial charge in [0, 0.05) is 26.8 Å². The van der Waals surface area contributed by atoms with Gasteiger partial charge in [-0.25, -0.2) is 4.98 Å². The van der Waals surface area contributed by atoms with Crippen molar-refractivity contribution in [2.24, 2.45) is 7.05 Å². The van der Waals surface area contributed by atoms with Crippen LogP contribution in [0.4, 0.5) is 5.69 Å². The summed E-state index contributed by atoms with van der Waals surface area (Å²) in [6.07, 6.45) is 1.75. The van der Waals surface area contributed by atoms with Crippen LogP contribution in [0, 0.1) is 18.3 Å². The molecule has 0 fully saturated rings. The monoisotopic (exact) mass is 268 g/mol. The molecule has 0 saturated carbocycles. The van der Waals surface area contributed by atoms with E-state index in [9.17, 15) is 0 Å². The number of rotatable bonds is 4. The molecule has 0 N–H and O–H groups in total. The van der Waals surface area contributed by atoms with Crippen molar-refractivity contribution >= 4 is 5.69 Å². The van der Waals surface area contributed by atoms with Gasteiger partial charge in [0.2, 0.25) is 0 Å². The second-order valence-electron chi connectivity index (χ2n) is 5.19. The third kappa shape index (κ3) is 2.83. The Morgan fingerprint density at radius 3 is 2.40 bits per heavy atom. The number of nitrogens with zero attached hydrogens (tertiary/aromatic N) is 4. The first-order valence-corrected chi connectivity index (χ1v) is 6.71. The Hall–Kier alpha value is -2.28. The van der Waals surface area contributed by atoms with Crippen molar-refractivity contribution in [2.45, 2.75) is 19.8 Å². The van der Waals surface area contributed by atoms with Crippen molar-refractivity contribution in [1.82, 2.24) is 9.55 Å². The molecule has 2 aromatic rings. The van der Waals surface area contributed by atoms with Crippen molar-refractivity contribution in [3.63, 3.8) is 0 Å². The van der Waals surface area contributed by atoms with Crippen molar-refractivity contribution in [1.29, 1.82) is 5.26 Å². The highest BCUT2D eigenvalue weighted by Gasteiger charge is 2.11.